The van der Waals surface area contributed by atoms with E-state index in [1.165, 1.54) is 29.8 Å². The van der Waals surface area contributed by atoms with Crippen LogP contribution in [0.2, 0.25) is 0 Å². The molecule has 284 valence electrons. The third kappa shape index (κ3) is 7.56. The van der Waals surface area contributed by atoms with Gasteiger partial charge in [-0.3, -0.25) is 24.6 Å². The van der Waals surface area contributed by atoms with Crippen LogP contribution in [0.5, 0.6) is 11.5 Å². The van der Waals surface area contributed by atoms with Crippen LogP contribution in [0.15, 0.2) is 91.0 Å². The van der Waals surface area contributed by atoms with Gasteiger partial charge in [-0.1, -0.05) is 36.4 Å². The molecule has 1 saturated heterocycles. The number of benzene rings is 4. The molecule has 1 fully saturated rings. The SMILES string of the molecule is COc1cccc(CN(C(=O)c2cc(-c3cc([N+](=O)[O-])ccc3C(=O)N3Cc4ccccc4C[C@H]3CN3CCOCC3)n(C)c2C)c2ccc(O)cc2)c1C. The minimum Gasteiger partial charge on any atom is -0.508 e. The van der Waals surface area contributed by atoms with Crippen LogP contribution in [-0.4, -0.2) is 82.2 Å². The average Bonchev–Trinajstić information content (AvgIpc) is 3.50. The molecule has 2 aliphatic heterocycles. The predicted molar refractivity (Wildman–Crippen MR) is 210 cm³/mol. The lowest BCUT2D eigenvalue weighted by molar-refractivity contribution is -0.384. The summed E-state index contributed by atoms with van der Waals surface area (Å²) in [5.41, 5.74) is 6.61. The van der Waals surface area contributed by atoms with E-state index in [0.29, 0.717) is 72.2 Å². The van der Waals surface area contributed by atoms with Gasteiger partial charge in [-0.15, -0.1) is 0 Å². The molecule has 2 aliphatic rings. The fourth-order valence-corrected chi connectivity index (χ4v) is 7.72. The molecule has 0 unspecified atom stereocenters. The van der Waals surface area contributed by atoms with Crippen molar-refractivity contribution in [2.24, 2.45) is 7.05 Å². The number of methoxy groups -OCH3 is 1. The number of non-ortho nitro benzene ring substituents is 1. The second-order valence-electron chi connectivity index (χ2n) is 14.2. The number of carbonyl (C=O) groups excluding carboxylic acids is 2. The number of amides is 2. The van der Waals surface area contributed by atoms with Crippen LogP contribution in [0.3, 0.4) is 0 Å². The number of fused-ring (bicyclic) bond motifs is 1. The van der Waals surface area contributed by atoms with Gasteiger partial charge in [0.05, 0.1) is 37.4 Å². The van der Waals surface area contributed by atoms with Gasteiger partial charge in [0, 0.05) is 79.6 Å². The van der Waals surface area contributed by atoms with Crippen molar-refractivity contribution in [3.63, 3.8) is 0 Å². The zero-order chi connectivity index (χ0) is 38.8. The Bertz CT molecular complexity index is 2240. The van der Waals surface area contributed by atoms with Gasteiger partial charge >= 0.3 is 0 Å². The number of hydrogen-bond donors (Lipinski definition) is 1. The van der Waals surface area contributed by atoms with Crippen molar-refractivity contribution < 1.29 is 29.1 Å². The Morgan fingerprint density at radius 1 is 0.945 bits per heavy atom. The summed E-state index contributed by atoms with van der Waals surface area (Å²) in [5, 5.41) is 22.2. The van der Waals surface area contributed by atoms with Crippen LogP contribution < -0.4 is 9.64 Å². The molecule has 2 amide bonds. The highest BCUT2D eigenvalue weighted by Gasteiger charge is 2.34. The highest BCUT2D eigenvalue weighted by Crippen LogP contribution is 2.36. The summed E-state index contributed by atoms with van der Waals surface area (Å²) in [5.74, 6) is 0.215. The predicted octanol–water partition coefficient (Wildman–Crippen LogP) is 6.68. The van der Waals surface area contributed by atoms with Gasteiger partial charge in [-0.25, -0.2) is 0 Å². The van der Waals surface area contributed by atoms with Crippen molar-refractivity contribution in [3.8, 4) is 22.8 Å². The largest absolute Gasteiger partial charge is 0.508 e. The molecule has 12 nitrogen and oxygen atoms in total. The van der Waals surface area contributed by atoms with E-state index >= 15 is 0 Å². The highest BCUT2D eigenvalue weighted by atomic mass is 16.6. The zero-order valence-electron chi connectivity index (χ0n) is 31.5. The quantitative estimate of drug-likeness (QED) is 0.124. The van der Waals surface area contributed by atoms with Gasteiger partial charge < -0.3 is 28.9 Å². The Balaban J connectivity index is 1.29. The van der Waals surface area contributed by atoms with Gasteiger partial charge in [-0.2, -0.15) is 0 Å². The van der Waals surface area contributed by atoms with Crippen molar-refractivity contribution in [1.82, 2.24) is 14.4 Å². The molecule has 55 heavy (non-hydrogen) atoms. The normalized spacial score (nSPS) is 15.7. The van der Waals surface area contributed by atoms with Crippen molar-refractivity contribution >= 4 is 23.2 Å². The maximum Gasteiger partial charge on any atom is 0.270 e. The monoisotopic (exact) mass is 743 g/mol. The van der Waals surface area contributed by atoms with Crippen LogP contribution in [0.1, 0.15) is 48.7 Å². The number of phenolic OH excluding ortho intramolecular Hbond substituents is 1. The molecule has 7 rings (SSSR count). The molecule has 12 heteroatoms. The topological polar surface area (TPSA) is 131 Å². The standard InChI is InChI=1S/C43H45N5O7/c1-28-31(10-7-11-41(28)54-4)25-46(33-12-15-36(49)16-13-33)43(51)38-24-40(44(3)29(38)2)39-23-34(48(52)53)14-17-37(39)42(50)47-26-32-9-6-5-8-30(32)22-35(47)27-45-18-20-55-21-19-45/h5-17,23-24,35,49H,18-22,25-27H2,1-4H3/t35-/m0/s1. The fraction of sp³-hybridized carbons (Fsp3) is 0.302. The van der Waals surface area contributed by atoms with Crippen LogP contribution >= 0.6 is 0 Å². The van der Waals surface area contributed by atoms with E-state index in [-0.39, 0.29) is 35.8 Å². The number of nitro groups is 1. The van der Waals surface area contributed by atoms with Crippen molar-refractivity contribution in [2.45, 2.75) is 39.4 Å². The zero-order valence-corrected chi connectivity index (χ0v) is 31.5. The number of anilines is 1. The summed E-state index contributed by atoms with van der Waals surface area (Å²) in [6.07, 6.45) is 0.684. The van der Waals surface area contributed by atoms with Crippen LogP contribution in [0.4, 0.5) is 11.4 Å². The summed E-state index contributed by atoms with van der Waals surface area (Å²) < 4.78 is 13.0. The number of phenols is 1. The average molecular weight is 744 g/mol. The Morgan fingerprint density at radius 2 is 1.67 bits per heavy atom. The molecule has 5 aromatic rings. The number of carbonyl (C=O) groups is 2. The number of nitro benzene ring substituents is 1. The van der Waals surface area contributed by atoms with E-state index in [2.05, 4.69) is 11.0 Å². The Hall–Kier alpha value is -5.98. The minimum atomic E-state index is -0.471. The molecular formula is C43H45N5O7. The molecule has 0 saturated carbocycles. The Morgan fingerprint density at radius 3 is 2.38 bits per heavy atom. The van der Waals surface area contributed by atoms with E-state index in [9.17, 15) is 24.8 Å². The van der Waals surface area contributed by atoms with Gasteiger partial charge in [0.25, 0.3) is 17.5 Å². The smallest absolute Gasteiger partial charge is 0.270 e. The summed E-state index contributed by atoms with van der Waals surface area (Å²) >= 11 is 0. The maximum atomic E-state index is 14.9. The van der Waals surface area contributed by atoms with Crippen molar-refractivity contribution in [2.75, 3.05) is 44.9 Å². The molecule has 0 bridgehead atoms. The fourth-order valence-electron chi connectivity index (χ4n) is 7.72. The number of nitrogens with zero attached hydrogens (tertiary/aromatic N) is 5. The maximum absolute atomic E-state index is 14.9. The van der Waals surface area contributed by atoms with Crippen molar-refractivity contribution in [1.29, 1.82) is 0 Å². The third-order valence-electron chi connectivity index (χ3n) is 11.0. The lowest BCUT2D eigenvalue weighted by atomic mass is 9.92. The molecule has 0 aliphatic carbocycles. The number of aromatic nitrogens is 1. The van der Waals surface area contributed by atoms with E-state index in [1.54, 1.807) is 43.3 Å². The molecule has 4 aromatic carbocycles. The highest BCUT2D eigenvalue weighted by molar-refractivity contribution is 6.08. The molecule has 1 aromatic heterocycles. The number of ether oxygens (including phenoxy) is 2. The van der Waals surface area contributed by atoms with E-state index in [0.717, 1.165) is 29.8 Å². The van der Waals surface area contributed by atoms with Crippen molar-refractivity contribution in [3.05, 3.63) is 140 Å². The van der Waals surface area contributed by atoms with Crippen LogP contribution in [0, 0.1) is 24.0 Å². The number of morpholine rings is 1. The van der Waals surface area contributed by atoms with Gasteiger partial charge in [0.2, 0.25) is 0 Å². The summed E-state index contributed by atoms with van der Waals surface area (Å²) in [6.45, 7) is 7.88. The molecule has 1 N–H and O–H groups in total. The molecule has 0 spiro atoms. The second-order valence-corrected chi connectivity index (χ2v) is 14.2. The lowest BCUT2D eigenvalue weighted by Gasteiger charge is -2.40. The molecule has 3 heterocycles. The van der Waals surface area contributed by atoms with Crippen LogP contribution in [-0.2, 0) is 31.3 Å². The molecular weight excluding hydrogens is 699 g/mol. The van der Waals surface area contributed by atoms with Gasteiger partial charge in [-0.05, 0) is 85.0 Å². The first-order chi connectivity index (χ1) is 26.5. The first-order valence-corrected chi connectivity index (χ1v) is 18.4. The number of aromatic hydroxyl groups is 1. The molecule has 0 radical (unpaired) electrons. The first kappa shape index (κ1) is 37.3. The third-order valence-corrected chi connectivity index (χ3v) is 11.0. The lowest BCUT2D eigenvalue weighted by Crippen LogP contribution is -2.52. The van der Waals surface area contributed by atoms with E-state index in [4.69, 9.17) is 9.47 Å². The van der Waals surface area contributed by atoms with Crippen LogP contribution in [0.25, 0.3) is 11.3 Å². The Kier molecular flexibility index (Phi) is 10.7. The summed E-state index contributed by atoms with van der Waals surface area (Å²) in [7, 11) is 3.40. The summed E-state index contributed by atoms with van der Waals surface area (Å²) in [4.78, 5) is 47.2. The minimum absolute atomic E-state index is 0.0686. The second kappa shape index (κ2) is 15.8. The Labute approximate surface area is 320 Å². The number of hydrogen-bond acceptors (Lipinski definition) is 8. The number of rotatable bonds is 10. The summed E-state index contributed by atoms with van der Waals surface area (Å²) in [6, 6.07) is 26.2. The van der Waals surface area contributed by atoms with E-state index < -0.39 is 4.92 Å². The van der Waals surface area contributed by atoms with Gasteiger partial charge in [0.15, 0.2) is 0 Å². The van der Waals surface area contributed by atoms with E-state index in [1.807, 2.05) is 59.7 Å². The molecule has 1 atom stereocenters. The van der Waals surface area contributed by atoms with Gasteiger partial charge in [0.1, 0.15) is 11.5 Å². The first-order valence-electron chi connectivity index (χ1n) is 18.4.